The van der Waals surface area contributed by atoms with Crippen LogP contribution in [0.1, 0.15) is 0 Å². The minimum Gasteiger partial charge on any atom is -0.352 e. The summed E-state index contributed by atoms with van der Waals surface area (Å²) in [5.41, 5.74) is 8.50. The topological polar surface area (TPSA) is 84.4 Å². The second-order valence-electron chi connectivity index (χ2n) is 2.46. The van der Waals surface area contributed by atoms with Crippen molar-refractivity contribution in [3.05, 3.63) is 0 Å². The monoisotopic (exact) mass is 160 g/mol. The molecule has 0 atom stereocenters. The first kappa shape index (κ1) is 10.2. The average Bonchev–Trinajstić information content (AvgIpc) is 1.87. The molecule has 0 radical (unpaired) electrons. The van der Waals surface area contributed by atoms with E-state index in [0.717, 1.165) is 13.1 Å². The van der Waals surface area contributed by atoms with Crippen LogP contribution in [0.2, 0.25) is 0 Å². The first-order valence-corrected chi connectivity index (χ1v) is 3.57. The van der Waals surface area contributed by atoms with E-state index in [4.69, 9.17) is 4.79 Å². The number of urea groups is 1. The molecule has 1 fully saturated rings. The Morgan fingerprint density at radius 1 is 1.36 bits per heavy atom. The summed E-state index contributed by atoms with van der Waals surface area (Å²) in [5.74, 6) is 0. The van der Waals surface area contributed by atoms with E-state index in [1.807, 2.05) is 0 Å². The lowest BCUT2D eigenvalue weighted by Gasteiger charge is -2.21. The molecule has 0 aromatic rings. The van der Waals surface area contributed by atoms with E-state index in [1.165, 1.54) is 13.1 Å². The second kappa shape index (κ2) is 5.94. The molecule has 0 saturated carbocycles. The summed E-state index contributed by atoms with van der Waals surface area (Å²) < 4.78 is 0. The van der Waals surface area contributed by atoms with E-state index in [0.29, 0.717) is 0 Å². The van der Waals surface area contributed by atoms with Gasteiger partial charge in [-0.1, -0.05) is 0 Å². The third kappa shape index (κ3) is 9.19. The van der Waals surface area contributed by atoms with Crippen LogP contribution in [-0.4, -0.2) is 44.2 Å². The van der Waals surface area contributed by atoms with E-state index >= 15 is 0 Å². The summed E-state index contributed by atoms with van der Waals surface area (Å²) in [6, 6.07) is -0.833. The smallest absolute Gasteiger partial charge is 0.309 e. The van der Waals surface area contributed by atoms with Crippen molar-refractivity contribution in [2.45, 2.75) is 0 Å². The summed E-state index contributed by atoms with van der Waals surface area (Å²) in [6.07, 6.45) is 0. The second-order valence-corrected chi connectivity index (χ2v) is 2.46. The SMILES string of the molecule is CN1CCNCC1.NC(N)=O. The highest BCUT2D eigenvalue weighted by Crippen LogP contribution is 1.82. The Kier molecular flexibility index (Phi) is 5.50. The molecule has 1 aliphatic rings. The van der Waals surface area contributed by atoms with E-state index < -0.39 is 6.03 Å². The molecule has 1 rings (SSSR count). The summed E-state index contributed by atoms with van der Waals surface area (Å²) >= 11 is 0. The van der Waals surface area contributed by atoms with Gasteiger partial charge < -0.3 is 21.7 Å². The highest BCUT2D eigenvalue weighted by atomic mass is 16.2. The minimum atomic E-state index is -0.833. The zero-order valence-corrected chi connectivity index (χ0v) is 6.84. The van der Waals surface area contributed by atoms with Crippen molar-refractivity contribution in [3.63, 3.8) is 0 Å². The van der Waals surface area contributed by atoms with E-state index in [9.17, 15) is 0 Å². The number of likely N-dealkylation sites (N-methyl/N-ethyl adjacent to an activating group) is 1. The number of nitrogens with zero attached hydrogens (tertiary/aromatic N) is 1. The zero-order chi connectivity index (χ0) is 8.69. The van der Waals surface area contributed by atoms with Crippen molar-refractivity contribution in [3.8, 4) is 0 Å². The molecule has 1 saturated heterocycles. The number of hydrogen-bond donors (Lipinski definition) is 3. The summed E-state index contributed by atoms with van der Waals surface area (Å²) in [7, 11) is 2.15. The number of primary amides is 2. The van der Waals surface area contributed by atoms with Crippen molar-refractivity contribution in [2.24, 2.45) is 11.5 Å². The zero-order valence-electron chi connectivity index (χ0n) is 6.84. The van der Waals surface area contributed by atoms with E-state index in [2.05, 4.69) is 28.7 Å². The number of amides is 2. The van der Waals surface area contributed by atoms with Gasteiger partial charge in [0.05, 0.1) is 0 Å². The van der Waals surface area contributed by atoms with Crippen LogP contribution in [0.25, 0.3) is 0 Å². The van der Waals surface area contributed by atoms with Crippen LogP contribution < -0.4 is 16.8 Å². The molecule has 5 nitrogen and oxygen atoms in total. The molecular weight excluding hydrogens is 144 g/mol. The van der Waals surface area contributed by atoms with Gasteiger partial charge >= 0.3 is 6.03 Å². The molecule has 5 N–H and O–H groups in total. The Labute approximate surface area is 66.7 Å². The van der Waals surface area contributed by atoms with Crippen LogP contribution in [0.4, 0.5) is 4.79 Å². The number of carbonyl (C=O) groups is 1. The van der Waals surface area contributed by atoms with Gasteiger partial charge in [0.25, 0.3) is 0 Å². The van der Waals surface area contributed by atoms with Crippen LogP contribution in [0.3, 0.4) is 0 Å². The summed E-state index contributed by atoms with van der Waals surface area (Å²) in [6.45, 7) is 4.74. The van der Waals surface area contributed by atoms with Crippen molar-refractivity contribution >= 4 is 6.03 Å². The minimum absolute atomic E-state index is 0.833. The first-order chi connectivity index (χ1) is 5.13. The van der Waals surface area contributed by atoms with Gasteiger partial charge in [-0.25, -0.2) is 4.79 Å². The number of nitrogens with two attached hydrogens (primary N) is 2. The highest BCUT2D eigenvalue weighted by Gasteiger charge is 2.01. The Balaban J connectivity index is 0.000000218. The van der Waals surface area contributed by atoms with Crippen molar-refractivity contribution in [1.82, 2.24) is 10.2 Å². The number of carbonyl (C=O) groups excluding carboxylic acids is 1. The molecule has 0 spiro atoms. The third-order valence-corrected chi connectivity index (χ3v) is 1.34. The number of nitrogens with one attached hydrogen (secondary N) is 1. The molecule has 11 heavy (non-hydrogen) atoms. The molecule has 66 valence electrons. The van der Waals surface area contributed by atoms with Gasteiger partial charge in [0, 0.05) is 26.2 Å². The maximum atomic E-state index is 9.00. The maximum Gasteiger partial charge on any atom is 0.309 e. The first-order valence-electron chi connectivity index (χ1n) is 3.57. The Morgan fingerprint density at radius 3 is 1.91 bits per heavy atom. The van der Waals surface area contributed by atoms with E-state index in [1.54, 1.807) is 0 Å². The molecule has 5 heteroatoms. The fraction of sp³-hybridized carbons (Fsp3) is 0.833. The molecule has 0 bridgehead atoms. The Morgan fingerprint density at radius 2 is 1.73 bits per heavy atom. The van der Waals surface area contributed by atoms with Crippen LogP contribution in [-0.2, 0) is 0 Å². The van der Waals surface area contributed by atoms with Gasteiger partial charge in [-0.3, -0.25) is 0 Å². The van der Waals surface area contributed by atoms with Gasteiger partial charge in [-0.15, -0.1) is 0 Å². The maximum absolute atomic E-state index is 9.00. The highest BCUT2D eigenvalue weighted by molar-refractivity contribution is 5.69. The van der Waals surface area contributed by atoms with Crippen molar-refractivity contribution < 1.29 is 4.79 Å². The van der Waals surface area contributed by atoms with Crippen LogP contribution >= 0.6 is 0 Å². The van der Waals surface area contributed by atoms with Crippen molar-refractivity contribution in [1.29, 1.82) is 0 Å². The Bertz CT molecular complexity index is 107. The van der Waals surface area contributed by atoms with Gasteiger partial charge in [0.15, 0.2) is 0 Å². The molecule has 1 aliphatic heterocycles. The number of piperazine rings is 1. The molecular formula is C6H16N4O. The lowest BCUT2D eigenvalue weighted by molar-refractivity contribution is 0.256. The number of rotatable bonds is 0. The van der Waals surface area contributed by atoms with Crippen LogP contribution in [0.15, 0.2) is 0 Å². The molecule has 0 aromatic carbocycles. The predicted octanol–water partition coefficient (Wildman–Crippen LogP) is -1.45. The largest absolute Gasteiger partial charge is 0.352 e. The van der Waals surface area contributed by atoms with Gasteiger partial charge in [-0.05, 0) is 7.05 Å². The lowest BCUT2D eigenvalue weighted by Crippen LogP contribution is -2.40. The van der Waals surface area contributed by atoms with Gasteiger partial charge in [0.1, 0.15) is 0 Å². The van der Waals surface area contributed by atoms with E-state index in [-0.39, 0.29) is 0 Å². The molecule has 0 aromatic heterocycles. The third-order valence-electron chi connectivity index (χ3n) is 1.34. The quantitative estimate of drug-likeness (QED) is 0.405. The fourth-order valence-corrected chi connectivity index (χ4v) is 0.777. The molecule has 0 unspecified atom stereocenters. The number of hydrogen-bond acceptors (Lipinski definition) is 3. The summed E-state index contributed by atoms with van der Waals surface area (Å²) in [5, 5.41) is 3.27. The lowest BCUT2D eigenvalue weighted by atomic mass is 10.4. The fourth-order valence-electron chi connectivity index (χ4n) is 0.777. The predicted molar refractivity (Wildman–Crippen MR) is 44.1 cm³/mol. The molecule has 0 aliphatic carbocycles. The Hall–Kier alpha value is -0.810. The van der Waals surface area contributed by atoms with Gasteiger partial charge in [0.2, 0.25) is 0 Å². The molecule has 2 amide bonds. The normalized spacial score (nSPS) is 18.3. The van der Waals surface area contributed by atoms with Crippen LogP contribution in [0, 0.1) is 0 Å². The molecule has 1 heterocycles. The summed E-state index contributed by atoms with van der Waals surface area (Å²) in [4.78, 5) is 11.3. The van der Waals surface area contributed by atoms with Gasteiger partial charge in [-0.2, -0.15) is 0 Å². The average molecular weight is 160 g/mol. The standard InChI is InChI=1S/C5H12N2.CH4N2O/c1-7-4-2-6-3-5-7;2-1(3)4/h6H,2-5H2,1H3;(H4,2,3,4). The van der Waals surface area contributed by atoms with Crippen molar-refractivity contribution in [2.75, 3.05) is 33.2 Å². The van der Waals surface area contributed by atoms with Crippen LogP contribution in [0.5, 0.6) is 0 Å².